The van der Waals surface area contributed by atoms with E-state index in [9.17, 15) is 0 Å². The Kier molecular flexibility index (Phi) is 4.64. The van der Waals surface area contributed by atoms with E-state index in [2.05, 4.69) is 33.3 Å². The lowest BCUT2D eigenvalue weighted by Crippen LogP contribution is -2.43. The van der Waals surface area contributed by atoms with Gasteiger partial charge in [0, 0.05) is 26.2 Å². The van der Waals surface area contributed by atoms with E-state index < -0.39 is 0 Å². The summed E-state index contributed by atoms with van der Waals surface area (Å²) in [7, 11) is 1.93. The third-order valence-corrected chi connectivity index (χ3v) is 4.63. The van der Waals surface area contributed by atoms with Gasteiger partial charge < -0.3 is 10.2 Å². The molecule has 1 saturated heterocycles. The number of halogens is 1. The van der Waals surface area contributed by atoms with Crippen molar-refractivity contribution in [3.63, 3.8) is 0 Å². The fraction of sp³-hybridized carbons (Fsp3) is 0.500. The molecule has 0 amide bonds. The number of rotatable bonds is 4. The summed E-state index contributed by atoms with van der Waals surface area (Å²) in [6.45, 7) is 4.18. The summed E-state index contributed by atoms with van der Waals surface area (Å²) in [6.07, 6.45) is 3.81. The molecule has 2 aromatic rings. The molecular weight excluding hydrogens is 298 g/mol. The topological polar surface area (TPSA) is 46.0 Å². The minimum atomic E-state index is 0.212. The molecule has 1 N–H and O–H groups in total. The lowest BCUT2D eigenvalue weighted by Gasteiger charge is -2.35. The van der Waals surface area contributed by atoms with Crippen molar-refractivity contribution in [2.45, 2.75) is 31.8 Å². The molecule has 118 valence electrons. The highest BCUT2D eigenvalue weighted by Gasteiger charge is 2.23. The van der Waals surface area contributed by atoms with Crippen molar-refractivity contribution < 1.29 is 0 Å². The van der Waals surface area contributed by atoms with Crippen LogP contribution >= 0.6 is 11.6 Å². The molecule has 0 saturated carbocycles. The van der Waals surface area contributed by atoms with Gasteiger partial charge in [-0.25, -0.2) is 4.98 Å². The van der Waals surface area contributed by atoms with Crippen molar-refractivity contribution in [2.75, 3.05) is 18.0 Å². The molecule has 1 atom stereocenters. The van der Waals surface area contributed by atoms with Crippen molar-refractivity contribution in [2.24, 2.45) is 7.05 Å². The molecule has 0 aliphatic carbocycles. The van der Waals surface area contributed by atoms with Gasteiger partial charge in [0.2, 0.25) is 0 Å². The number of nitrogens with zero attached hydrogens (tertiary/aromatic N) is 4. The highest BCUT2D eigenvalue weighted by Crippen LogP contribution is 2.28. The standard InChI is InChI=1S/C16H22ClN5/c1-12(16-18-11-19-21(16)2)20-13-7-9-22(10-8-13)15-6-4-3-5-14(15)17/h3-6,11-13,20H,7-10H2,1-2H3. The zero-order valence-electron chi connectivity index (χ0n) is 13.0. The van der Waals surface area contributed by atoms with Gasteiger partial charge in [0.15, 0.2) is 0 Å². The smallest absolute Gasteiger partial charge is 0.143 e. The summed E-state index contributed by atoms with van der Waals surface area (Å²) in [4.78, 5) is 6.69. The van der Waals surface area contributed by atoms with Gasteiger partial charge in [0.25, 0.3) is 0 Å². The summed E-state index contributed by atoms with van der Waals surface area (Å²) in [5.41, 5.74) is 1.14. The normalized spacial score (nSPS) is 17.7. The van der Waals surface area contributed by atoms with Crippen LogP contribution < -0.4 is 10.2 Å². The highest BCUT2D eigenvalue weighted by atomic mass is 35.5. The summed E-state index contributed by atoms with van der Waals surface area (Å²) >= 11 is 6.29. The fourth-order valence-electron chi connectivity index (χ4n) is 3.12. The van der Waals surface area contributed by atoms with Crippen molar-refractivity contribution >= 4 is 17.3 Å². The van der Waals surface area contributed by atoms with Crippen LogP contribution in [0.4, 0.5) is 5.69 Å². The molecule has 0 bridgehead atoms. The van der Waals surface area contributed by atoms with Gasteiger partial charge in [-0.3, -0.25) is 4.68 Å². The number of aryl methyl sites for hydroxylation is 1. The Bertz CT molecular complexity index is 619. The number of anilines is 1. The second-order valence-electron chi connectivity index (χ2n) is 5.84. The van der Waals surface area contributed by atoms with Crippen LogP contribution in [0, 0.1) is 0 Å². The van der Waals surface area contributed by atoms with Crippen LogP contribution in [-0.4, -0.2) is 33.9 Å². The third-order valence-electron chi connectivity index (χ3n) is 4.31. The van der Waals surface area contributed by atoms with E-state index >= 15 is 0 Å². The molecule has 5 nitrogen and oxygen atoms in total. The van der Waals surface area contributed by atoms with E-state index in [1.54, 1.807) is 6.33 Å². The summed E-state index contributed by atoms with van der Waals surface area (Å²) in [6, 6.07) is 8.79. The molecule has 0 spiro atoms. The zero-order valence-corrected chi connectivity index (χ0v) is 13.8. The third kappa shape index (κ3) is 3.25. The molecular formula is C16H22ClN5. The van der Waals surface area contributed by atoms with E-state index in [1.807, 2.05) is 29.9 Å². The molecule has 2 heterocycles. The van der Waals surface area contributed by atoms with Gasteiger partial charge in [-0.05, 0) is 31.9 Å². The molecule has 1 aliphatic rings. The maximum absolute atomic E-state index is 6.29. The van der Waals surface area contributed by atoms with Gasteiger partial charge in [-0.15, -0.1) is 0 Å². The maximum atomic E-state index is 6.29. The number of hydrogen-bond acceptors (Lipinski definition) is 4. The fourth-order valence-corrected chi connectivity index (χ4v) is 3.38. The number of piperidine rings is 1. The van der Waals surface area contributed by atoms with E-state index in [0.717, 1.165) is 42.5 Å². The zero-order chi connectivity index (χ0) is 15.5. The monoisotopic (exact) mass is 319 g/mol. The Labute approximate surface area is 136 Å². The maximum Gasteiger partial charge on any atom is 0.143 e. The van der Waals surface area contributed by atoms with E-state index in [1.165, 1.54) is 0 Å². The second kappa shape index (κ2) is 6.67. The van der Waals surface area contributed by atoms with Crippen LogP contribution in [0.5, 0.6) is 0 Å². The van der Waals surface area contributed by atoms with Crippen LogP contribution in [0.3, 0.4) is 0 Å². The average molecular weight is 320 g/mol. The predicted molar refractivity (Wildman–Crippen MR) is 89.2 cm³/mol. The Morgan fingerprint density at radius 2 is 2.00 bits per heavy atom. The first-order chi connectivity index (χ1) is 10.6. The minimum absolute atomic E-state index is 0.212. The van der Waals surface area contributed by atoms with Crippen molar-refractivity contribution in [3.05, 3.63) is 41.4 Å². The molecule has 1 fully saturated rings. The van der Waals surface area contributed by atoms with Gasteiger partial charge in [0.1, 0.15) is 12.2 Å². The first-order valence-corrected chi connectivity index (χ1v) is 8.12. The van der Waals surface area contributed by atoms with Gasteiger partial charge in [-0.1, -0.05) is 23.7 Å². The van der Waals surface area contributed by atoms with Gasteiger partial charge >= 0.3 is 0 Å². The molecule has 3 rings (SSSR count). The first-order valence-electron chi connectivity index (χ1n) is 7.74. The van der Waals surface area contributed by atoms with Crippen LogP contribution in [0.1, 0.15) is 31.6 Å². The molecule has 0 radical (unpaired) electrons. The second-order valence-corrected chi connectivity index (χ2v) is 6.25. The minimum Gasteiger partial charge on any atom is -0.370 e. The average Bonchev–Trinajstić information content (AvgIpc) is 2.95. The number of benzene rings is 1. The van der Waals surface area contributed by atoms with Gasteiger partial charge in [0.05, 0.1) is 16.8 Å². The lowest BCUT2D eigenvalue weighted by atomic mass is 10.0. The molecule has 1 aromatic heterocycles. The predicted octanol–water partition coefficient (Wildman–Crippen LogP) is 2.79. The number of para-hydroxylation sites is 1. The summed E-state index contributed by atoms with van der Waals surface area (Å²) in [5.74, 6) is 0.980. The highest BCUT2D eigenvalue weighted by molar-refractivity contribution is 6.33. The molecule has 22 heavy (non-hydrogen) atoms. The van der Waals surface area contributed by atoms with E-state index in [4.69, 9.17) is 11.6 Å². The molecule has 6 heteroatoms. The molecule has 1 aromatic carbocycles. The quantitative estimate of drug-likeness (QED) is 0.941. The first kappa shape index (κ1) is 15.3. The van der Waals surface area contributed by atoms with Crippen molar-refractivity contribution in [1.29, 1.82) is 0 Å². The number of aromatic nitrogens is 3. The van der Waals surface area contributed by atoms with Crippen LogP contribution in [0.15, 0.2) is 30.6 Å². The van der Waals surface area contributed by atoms with Gasteiger partial charge in [-0.2, -0.15) is 5.10 Å². The number of hydrogen-bond donors (Lipinski definition) is 1. The van der Waals surface area contributed by atoms with Crippen LogP contribution in [0.25, 0.3) is 0 Å². The summed E-state index contributed by atoms with van der Waals surface area (Å²) < 4.78 is 1.83. The molecule has 1 aliphatic heterocycles. The Hall–Kier alpha value is -1.59. The van der Waals surface area contributed by atoms with Crippen LogP contribution in [0.2, 0.25) is 5.02 Å². The Morgan fingerprint density at radius 1 is 1.27 bits per heavy atom. The van der Waals surface area contributed by atoms with Crippen molar-refractivity contribution in [1.82, 2.24) is 20.1 Å². The lowest BCUT2D eigenvalue weighted by molar-refractivity contribution is 0.368. The Balaban J connectivity index is 1.56. The van der Waals surface area contributed by atoms with Crippen molar-refractivity contribution in [3.8, 4) is 0 Å². The summed E-state index contributed by atoms with van der Waals surface area (Å²) in [5, 5.41) is 8.64. The molecule has 1 unspecified atom stereocenters. The van der Waals surface area contributed by atoms with E-state index in [0.29, 0.717) is 6.04 Å². The number of nitrogens with one attached hydrogen (secondary N) is 1. The van der Waals surface area contributed by atoms with E-state index in [-0.39, 0.29) is 6.04 Å². The Morgan fingerprint density at radius 3 is 2.64 bits per heavy atom. The van der Waals surface area contributed by atoms with Crippen LogP contribution in [-0.2, 0) is 7.05 Å². The largest absolute Gasteiger partial charge is 0.370 e. The SMILES string of the molecule is CC(NC1CCN(c2ccccc2Cl)CC1)c1ncnn1C.